The SMILES string of the molecule is Cc1cc(O)cc(-c2n[nH]c(N3CCN(C)CC3)c2-c2ccncn2)c1. The first-order chi connectivity index (χ1) is 12.6. The average molecular weight is 350 g/mol. The van der Waals surface area contributed by atoms with Crippen LogP contribution < -0.4 is 4.90 Å². The van der Waals surface area contributed by atoms with Crippen molar-refractivity contribution in [1.29, 1.82) is 0 Å². The van der Waals surface area contributed by atoms with E-state index >= 15 is 0 Å². The molecule has 0 atom stereocenters. The summed E-state index contributed by atoms with van der Waals surface area (Å²) < 4.78 is 0. The molecule has 2 N–H and O–H groups in total. The number of H-pyrrole nitrogens is 1. The molecule has 0 amide bonds. The van der Waals surface area contributed by atoms with Crippen molar-refractivity contribution in [1.82, 2.24) is 25.1 Å². The van der Waals surface area contributed by atoms with Crippen molar-refractivity contribution in [2.45, 2.75) is 6.92 Å². The Kier molecular flexibility index (Phi) is 4.30. The Bertz CT molecular complexity index is 879. The number of rotatable bonds is 3. The summed E-state index contributed by atoms with van der Waals surface area (Å²) in [5.74, 6) is 1.20. The van der Waals surface area contributed by atoms with Crippen molar-refractivity contribution in [3.63, 3.8) is 0 Å². The minimum absolute atomic E-state index is 0.234. The summed E-state index contributed by atoms with van der Waals surface area (Å²) in [6.45, 7) is 5.82. The topological polar surface area (TPSA) is 81.2 Å². The van der Waals surface area contributed by atoms with E-state index in [4.69, 9.17) is 0 Å². The minimum atomic E-state index is 0.234. The van der Waals surface area contributed by atoms with E-state index in [2.05, 4.69) is 37.0 Å². The molecule has 2 aromatic heterocycles. The number of phenols is 1. The fraction of sp³-hybridized carbons (Fsp3) is 0.316. The second-order valence-electron chi connectivity index (χ2n) is 6.74. The van der Waals surface area contributed by atoms with Crippen LogP contribution in [0.25, 0.3) is 22.5 Å². The quantitative estimate of drug-likeness (QED) is 0.754. The summed E-state index contributed by atoms with van der Waals surface area (Å²) in [5.41, 5.74) is 4.41. The van der Waals surface area contributed by atoms with E-state index in [0.29, 0.717) is 0 Å². The van der Waals surface area contributed by atoms with Gasteiger partial charge in [-0.2, -0.15) is 5.10 Å². The van der Waals surface area contributed by atoms with Gasteiger partial charge in [-0.15, -0.1) is 0 Å². The van der Waals surface area contributed by atoms with Crippen LogP contribution in [0.5, 0.6) is 5.75 Å². The van der Waals surface area contributed by atoms with Gasteiger partial charge in [0.05, 0.1) is 11.3 Å². The summed E-state index contributed by atoms with van der Waals surface area (Å²) in [5, 5.41) is 17.8. The van der Waals surface area contributed by atoms with Gasteiger partial charge in [0.25, 0.3) is 0 Å². The fourth-order valence-electron chi connectivity index (χ4n) is 3.38. The van der Waals surface area contributed by atoms with E-state index < -0.39 is 0 Å². The molecule has 7 nitrogen and oxygen atoms in total. The molecule has 3 aromatic rings. The average Bonchev–Trinajstić information content (AvgIpc) is 3.07. The number of phenolic OH excluding ortho intramolecular Hbond substituents is 1. The van der Waals surface area contributed by atoms with Gasteiger partial charge in [0.15, 0.2) is 0 Å². The number of hydrogen-bond acceptors (Lipinski definition) is 6. The number of anilines is 1. The molecular formula is C19H22N6O. The minimum Gasteiger partial charge on any atom is -0.508 e. The van der Waals surface area contributed by atoms with E-state index in [0.717, 1.165) is 60.1 Å². The lowest BCUT2D eigenvalue weighted by molar-refractivity contribution is 0.312. The lowest BCUT2D eigenvalue weighted by atomic mass is 10.0. The second-order valence-corrected chi connectivity index (χ2v) is 6.74. The van der Waals surface area contributed by atoms with Gasteiger partial charge >= 0.3 is 0 Å². The molecule has 0 aliphatic carbocycles. The highest BCUT2D eigenvalue weighted by Gasteiger charge is 2.24. The van der Waals surface area contributed by atoms with Gasteiger partial charge in [0, 0.05) is 37.9 Å². The van der Waals surface area contributed by atoms with Crippen LogP contribution in [0.15, 0.2) is 36.8 Å². The Morgan fingerprint density at radius 2 is 1.92 bits per heavy atom. The van der Waals surface area contributed by atoms with Crippen LogP contribution in [-0.4, -0.2) is 63.4 Å². The van der Waals surface area contributed by atoms with Crippen LogP contribution in [-0.2, 0) is 0 Å². The first-order valence-electron chi connectivity index (χ1n) is 8.71. The third kappa shape index (κ3) is 3.13. The van der Waals surface area contributed by atoms with Gasteiger partial charge in [0.1, 0.15) is 23.6 Å². The van der Waals surface area contributed by atoms with E-state index in [1.807, 2.05) is 19.1 Å². The molecule has 26 heavy (non-hydrogen) atoms. The standard InChI is InChI=1S/C19H22N6O/c1-13-9-14(11-15(26)10-13)18-17(16-3-4-20-12-21-16)19(23-22-18)25-7-5-24(2)6-8-25/h3-4,9-12,26H,5-8H2,1-2H3,(H,22,23). The maximum atomic E-state index is 10.0. The van der Waals surface area contributed by atoms with Crippen LogP contribution in [0.4, 0.5) is 5.82 Å². The summed E-state index contributed by atoms with van der Waals surface area (Å²) in [7, 11) is 2.14. The molecule has 1 fully saturated rings. The van der Waals surface area contributed by atoms with Gasteiger partial charge in [0.2, 0.25) is 0 Å². The normalized spacial score (nSPS) is 15.4. The Morgan fingerprint density at radius 1 is 1.12 bits per heavy atom. The molecule has 0 saturated carbocycles. The van der Waals surface area contributed by atoms with Crippen LogP contribution in [0.1, 0.15) is 5.56 Å². The number of hydrogen-bond donors (Lipinski definition) is 2. The van der Waals surface area contributed by atoms with Gasteiger partial charge in [-0.3, -0.25) is 5.10 Å². The van der Waals surface area contributed by atoms with Gasteiger partial charge < -0.3 is 14.9 Å². The van der Waals surface area contributed by atoms with Gasteiger partial charge in [-0.05, 0) is 43.8 Å². The number of benzene rings is 1. The predicted molar refractivity (Wildman–Crippen MR) is 101 cm³/mol. The van der Waals surface area contributed by atoms with Crippen molar-refractivity contribution in [2.24, 2.45) is 0 Å². The van der Waals surface area contributed by atoms with Crippen molar-refractivity contribution in [3.8, 4) is 28.3 Å². The zero-order chi connectivity index (χ0) is 18.1. The Balaban J connectivity index is 1.84. The maximum absolute atomic E-state index is 10.0. The lowest BCUT2D eigenvalue weighted by Crippen LogP contribution is -2.44. The number of aromatic nitrogens is 4. The molecule has 1 aliphatic heterocycles. The van der Waals surface area contributed by atoms with E-state index in [-0.39, 0.29) is 5.75 Å². The largest absolute Gasteiger partial charge is 0.508 e. The Hall–Kier alpha value is -2.93. The van der Waals surface area contributed by atoms with Crippen molar-refractivity contribution < 1.29 is 5.11 Å². The molecule has 1 saturated heterocycles. The number of aryl methyl sites for hydroxylation is 1. The van der Waals surface area contributed by atoms with Crippen LogP contribution in [0.2, 0.25) is 0 Å². The molecule has 1 aliphatic rings. The first kappa shape index (κ1) is 16.5. The van der Waals surface area contributed by atoms with Crippen molar-refractivity contribution in [3.05, 3.63) is 42.4 Å². The Morgan fingerprint density at radius 3 is 2.62 bits per heavy atom. The zero-order valence-corrected chi connectivity index (χ0v) is 15.0. The zero-order valence-electron chi connectivity index (χ0n) is 15.0. The fourth-order valence-corrected chi connectivity index (χ4v) is 3.38. The number of piperazine rings is 1. The third-order valence-corrected chi connectivity index (χ3v) is 4.74. The number of nitrogens with zero attached hydrogens (tertiary/aromatic N) is 5. The predicted octanol–water partition coefficient (Wildman–Crippen LogP) is 2.30. The van der Waals surface area contributed by atoms with Gasteiger partial charge in [-0.1, -0.05) is 0 Å². The van der Waals surface area contributed by atoms with Crippen LogP contribution >= 0.6 is 0 Å². The monoisotopic (exact) mass is 350 g/mol. The highest BCUT2D eigenvalue weighted by Crippen LogP contribution is 2.38. The summed E-state index contributed by atoms with van der Waals surface area (Å²) in [4.78, 5) is 13.1. The molecule has 0 radical (unpaired) electrons. The molecule has 3 heterocycles. The summed E-state index contributed by atoms with van der Waals surface area (Å²) >= 11 is 0. The summed E-state index contributed by atoms with van der Waals surface area (Å²) in [6, 6.07) is 7.39. The number of aromatic amines is 1. The number of nitrogens with one attached hydrogen (secondary N) is 1. The second kappa shape index (κ2) is 6.76. The molecule has 4 rings (SSSR count). The third-order valence-electron chi connectivity index (χ3n) is 4.74. The molecule has 1 aromatic carbocycles. The molecule has 134 valence electrons. The first-order valence-corrected chi connectivity index (χ1v) is 8.71. The number of likely N-dealkylation sites (N-methyl/N-ethyl adjacent to an activating group) is 1. The maximum Gasteiger partial charge on any atom is 0.134 e. The highest BCUT2D eigenvalue weighted by molar-refractivity contribution is 5.88. The molecule has 0 bridgehead atoms. The van der Waals surface area contributed by atoms with E-state index in [9.17, 15) is 5.11 Å². The lowest BCUT2D eigenvalue weighted by Gasteiger charge is -2.33. The number of aromatic hydroxyl groups is 1. The van der Waals surface area contributed by atoms with Gasteiger partial charge in [-0.25, -0.2) is 9.97 Å². The highest BCUT2D eigenvalue weighted by atomic mass is 16.3. The smallest absolute Gasteiger partial charge is 0.134 e. The Labute approximate surface area is 152 Å². The molecule has 7 heteroatoms. The van der Waals surface area contributed by atoms with Crippen molar-refractivity contribution in [2.75, 3.05) is 38.1 Å². The van der Waals surface area contributed by atoms with Crippen LogP contribution in [0.3, 0.4) is 0 Å². The van der Waals surface area contributed by atoms with Crippen molar-refractivity contribution >= 4 is 5.82 Å². The van der Waals surface area contributed by atoms with Crippen LogP contribution in [0, 0.1) is 6.92 Å². The molecular weight excluding hydrogens is 328 g/mol. The summed E-state index contributed by atoms with van der Waals surface area (Å²) in [6.07, 6.45) is 3.29. The molecule has 0 spiro atoms. The molecule has 0 unspecified atom stereocenters. The van der Waals surface area contributed by atoms with E-state index in [1.165, 1.54) is 0 Å². The van der Waals surface area contributed by atoms with E-state index in [1.54, 1.807) is 24.7 Å².